The van der Waals surface area contributed by atoms with E-state index in [1.54, 1.807) is 23.1 Å². The number of hydrogen-bond donors (Lipinski definition) is 1. The second-order valence-corrected chi connectivity index (χ2v) is 5.89. The molecule has 0 radical (unpaired) electrons. The number of rotatable bonds is 5. The summed E-state index contributed by atoms with van der Waals surface area (Å²) < 4.78 is 5.73. The fourth-order valence-electron chi connectivity index (χ4n) is 2.40. The number of amides is 1. The third-order valence-corrected chi connectivity index (χ3v) is 4.43. The number of likely N-dealkylation sites (tertiary alicyclic amines) is 1. The maximum Gasteiger partial charge on any atom is 0.255 e. The van der Waals surface area contributed by atoms with Gasteiger partial charge in [0.25, 0.3) is 5.91 Å². The van der Waals surface area contributed by atoms with Crippen LogP contribution in [0.3, 0.4) is 0 Å². The van der Waals surface area contributed by atoms with Crippen molar-refractivity contribution in [1.29, 1.82) is 0 Å². The van der Waals surface area contributed by atoms with Crippen LogP contribution < -0.4 is 5.73 Å². The molecule has 0 aromatic heterocycles. The highest BCUT2D eigenvalue weighted by molar-refractivity contribution is 6.43. The van der Waals surface area contributed by atoms with Crippen molar-refractivity contribution in [3.63, 3.8) is 0 Å². The number of hydrogen-bond acceptors (Lipinski definition) is 3. The molecule has 2 N–H and O–H groups in total. The lowest BCUT2D eigenvalue weighted by Crippen LogP contribution is -2.41. The molecular weight excluding hydrogens is 347 g/mol. The third kappa shape index (κ3) is 5.00. The van der Waals surface area contributed by atoms with Gasteiger partial charge in [-0.2, -0.15) is 0 Å². The van der Waals surface area contributed by atoms with Gasteiger partial charge in [-0.25, -0.2) is 0 Å². The molecular formula is C15H21Cl3N2O2. The lowest BCUT2D eigenvalue weighted by molar-refractivity contribution is 0.00845. The van der Waals surface area contributed by atoms with Crippen molar-refractivity contribution in [2.24, 2.45) is 5.73 Å². The fraction of sp³-hybridized carbons (Fsp3) is 0.533. The summed E-state index contributed by atoms with van der Waals surface area (Å²) in [6, 6.07) is 5.13. The molecule has 1 amide bonds. The van der Waals surface area contributed by atoms with Crippen LogP contribution in [-0.2, 0) is 4.74 Å². The normalized spacial score (nSPS) is 15.5. The zero-order valence-electron chi connectivity index (χ0n) is 12.3. The van der Waals surface area contributed by atoms with Gasteiger partial charge in [-0.15, -0.1) is 12.4 Å². The Balaban J connectivity index is 0.00000242. The van der Waals surface area contributed by atoms with Crippen LogP contribution in [0.25, 0.3) is 0 Å². The Kier molecular flexibility index (Phi) is 8.50. The van der Waals surface area contributed by atoms with Gasteiger partial charge in [0.15, 0.2) is 0 Å². The van der Waals surface area contributed by atoms with E-state index >= 15 is 0 Å². The van der Waals surface area contributed by atoms with Gasteiger partial charge in [-0.1, -0.05) is 29.3 Å². The van der Waals surface area contributed by atoms with Crippen molar-refractivity contribution in [3.05, 3.63) is 33.8 Å². The van der Waals surface area contributed by atoms with Crippen molar-refractivity contribution in [1.82, 2.24) is 4.90 Å². The van der Waals surface area contributed by atoms with E-state index in [2.05, 4.69) is 0 Å². The number of ether oxygens (including phenoxy) is 1. The Hall–Kier alpha value is -0.520. The van der Waals surface area contributed by atoms with E-state index in [1.165, 1.54) is 0 Å². The van der Waals surface area contributed by atoms with Gasteiger partial charge < -0.3 is 15.4 Å². The standard InChI is InChI=1S/C15H20Cl2N2O2.ClH/c16-13-4-1-3-12(14(13)17)15(20)19-8-5-11(6-9-19)21-10-2-7-18;/h1,3-4,11H,2,5-10,18H2;1H. The highest BCUT2D eigenvalue weighted by atomic mass is 35.5. The Morgan fingerprint density at radius 3 is 2.64 bits per heavy atom. The number of nitrogens with zero attached hydrogens (tertiary/aromatic N) is 1. The summed E-state index contributed by atoms with van der Waals surface area (Å²) in [5.41, 5.74) is 5.91. The lowest BCUT2D eigenvalue weighted by atomic mass is 10.1. The van der Waals surface area contributed by atoms with Gasteiger partial charge in [-0.05, 0) is 37.9 Å². The highest BCUT2D eigenvalue weighted by Crippen LogP contribution is 2.27. The van der Waals surface area contributed by atoms with Gasteiger partial charge in [-0.3, -0.25) is 4.79 Å². The van der Waals surface area contributed by atoms with Crippen molar-refractivity contribution in [3.8, 4) is 0 Å². The number of carbonyl (C=O) groups is 1. The molecule has 0 atom stereocenters. The van der Waals surface area contributed by atoms with Crippen LogP contribution in [0, 0.1) is 0 Å². The van der Waals surface area contributed by atoms with Gasteiger partial charge >= 0.3 is 0 Å². The molecule has 1 aliphatic rings. The fourth-order valence-corrected chi connectivity index (χ4v) is 2.78. The molecule has 1 saturated heterocycles. The van der Waals surface area contributed by atoms with E-state index in [0.29, 0.717) is 41.8 Å². The van der Waals surface area contributed by atoms with Crippen molar-refractivity contribution in [2.75, 3.05) is 26.2 Å². The largest absolute Gasteiger partial charge is 0.378 e. The van der Waals surface area contributed by atoms with Crippen LogP contribution in [0.4, 0.5) is 0 Å². The number of benzene rings is 1. The highest BCUT2D eigenvalue weighted by Gasteiger charge is 2.25. The van der Waals surface area contributed by atoms with E-state index in [1.807, 2.05) is 0 Å². The molecule has 0 aliphatic carbocycles. The molecule has 124 valence electrons. The number of halogens is 3. The molecule has 1 aromatic carbocycles. The zero-order chi connectivity index (χ0) is 15.2. The van der Waals surface area contributed by atoms with Crippen LogP contribution in [0.5, 0.6) is 0 Å². The number of carbonyl (C=O) groups excluding carboxylic acids is 1. The minimum Gasteiger partial charge on any atom is -0.378 e. The predicted octanol–water partition coefficient (Wildman–Crippen LogP) is 3.39. The molecule has 1 fully saturated rings. The average Bonchev–Trinajstić information content (AvgIpc) is 2.50. The van der Waals surface area contributed by atoms with Crippen LogP contribution in [0.2, 0.25) is 10.0 Å². The Labute approximate surface area is 147 Å². The summed E-state index contributed by atoms with van der Waals surface area (Å²) in [6.45, 7) is 2.68. The van der Waals surface area contributed by atoms with E-state index < -0.39 is 0 Å². The summed E-state index contributed by atoms with van der Waals surface area (Å²) >= 11 is 12.1. The van der Waals surface area contributed by atoms with E-state index in [4.69, 9.17) is 33.7 Å². The quantitative estimate of drug-likeness (QED) is 0.812. The SMILES string of the molecule is Cl.NCCCOC1CCN(C(=O)c2cccc(Cl)c2Cl)CC1. The summed E-state index contributed by atoms with van der Waals surface area (Å²) in [6.07, 6.45) is 2.77. The van der Waals surface area contributed by atoms with Gasteiger partial charge in [0.1, 0.15) is 0 Å². The summed E-state index contributed by atoms with van der Waals surface area (Å²) in [5, 5.41) is 0.730. The first kappa shape index (κ1) is 19.5. The Bertz CT molecular complexity index is 492. The first-order valence-corrected chi connectivity index (χ1v) is 7.94. The van der Waals surface area contributed by atoms with E-state index in [9.17, 15) is 4.79 Å². The van der Waals surface area contributed by atoms with E-state index in [-0.39, 0.29) is 24.4 Å². The second kappa shape index (κ2) is 9.58. The lowest BCUT2D eigenvalue weighted by Gasteiger charge is -2.32. The molecule has 4 nitrogen and oxygen atoms in total. The predicted molar refractivity (Wildman–Crippen MR) is 92.3 cm³/mol. The molecule has 7 heteroatoms. The minimum absolute atomic E-state index is 0. The van der Waals surface area contributed by atoms with Crippen molar-refractivity contribution in [2.45, 2.75) is 25.4 Å². The summed E-state index contributed by atoms with van der Waals surface area (Å²) in [4.78, 5) is 14.3. The molecule has 0 unspecified atom stereocenters. The maximum atomic E-state index is 12.5. The topological polar surface area (TPSA) is 55.6 Å². The van der Waals surface area contributed by atoms with E-state index in [0.717, 1.165) is 19.3 Å². The Morgan fingerprint density at radius 1 is 1.32 bits per heavy atom. The van der Waals surface area contributed by atoms with Crippen LogP contribution >= 0.6 is 35.6 Å². The molecule has 1 aromatic rings. The van der Waals surface area contributed by atoms with Gasteiger partial charge in [0.2, 0.25) is 0 Å². The smallest absolute Gasteiger partial charge is 0.255 e. The number of nitrogens with two attached hydrogens (primary N) is 1. The van der Waals surface area contributed by atoms with Gasteiger partial charge in [0.05, 0.1) is 21.7 Å². The monoisotopic (exact) mass is 366 g/mol. The second-order valence-electron chi connectivity index (χ2n) is 5.11. The van der Waals surface area contributed by atoms with Crippen LogP contribution in [0.15, 0.2) is 18.2 Å². The average molecular weight is 368 g/mol. The summed E-state index contributed by atoms with van der Waals surface area (Å²) in [7, 11) is 0. The van der Waals surface area contributed by atoms with Crippen LogP contribution in [0.1, 0.15) is 29.6 Å². The zero-order valence-corrected chi connectivity index (χ0v) is 14.6. The van der Waals surface area contributed by atoms with Crippen LogP contribution in [-0.4, -0.2) is 43.2 Å². The molecule has 0 spiro atoms. The van der Waals surface area contributed by atoms with Gasteiger partial charge in [0, 0.05) is 19.7 Å². The van der Waals surface area contributed by atoms with Crippen molar-refractivity contribution >= 4 is 41.5 Å². The maximum absolute atomic E-state index is 12.5. The van der Waals surface area contributed by atoms with Crippen molar-refractivity contribution < 1.29 is 9.53 Å². The molecule has 22 heavy (non-hydrogen) atoms. The Morgan fingerprint density at radius 2 is 2.00 bits per heavy atom. The molecule has 0 saturated carbocycles. The molecule has 2 rings (SSSR count). The third-order valence-electron chi connectivity index (χ3n) is 3.61. The molecule has 1 heterocycles. The molecule has 0 bridgehead atoms. The first-order chi connectivity index (χ1) is 10.1. The first-order valence-electron chi connectivity index (χ1n) is 7.18. The molecule has 1 aliphatic heterocycles. The summed E-state index contributed by atoms with van der Waals surface area (Å²) in [5.74, 6) is -0.0668. The number of piperidine rings is 1. The minimum atomic E-state index is -0.0668.